The average molecular weight is 366 g/mol. The molecule has 0 amide bonds. The molecular weight excluding hydrogens is 350 g/mol. The van der Waals surface area contributed by atoms with Gasteiger partial charge in [-0.3, -0.25) is 0 Å². The molecule has 5 rings (SSSR count). The summed E-state index contributed by atoms with van der Waals surface area (Å²) in [6.07, 6.45) is 3.34. The molecule has 5 heterocycles. The lowest BCUT2D eigenvalue weighted by Gasteiger charge is -2.34. The number of hydrogen-bond acceptors (Lipinski definition) is 4. The summed E-state index contributed by atoms with van der Waals surface area (Å²) in [7, 11) is 0. The van der Waals surface area contributed by atoms with Crippen molar-refractivity contribution in [2.24, 2.45) is 0 Å². The number of H-pyrrole nitrogens is 1. The van der Waals surface area contributed by atoms with Crippen molar-refractivity contribution < 1.29 is 8.78 Å². The van der Waals surface area contributed by atoms with Gasteiger partial charge < -0.3 is 9.88 Å². The van der Waals surface area contributed by atoms with Gasteiger partial charge in [0.05, 0.1) is 23.2 Å². The molecule has 4 aromatic rings. The Balaban J connectivity index is 1.68. The topological polar surface area (TPSA) is 62.1 Å². The van der Waals surface area contributed by atoms with E-state index in [1.165, 1.54) is 10.6 Å². The van der Waals surface area contributed by atoms with Crippen LogP contribution in [0.25, 0.3) is 5.52 Å². The minimum atomic E-state index is -2.56. The van der Waals surface area contributed by atoms with Gasteiger partial charge in [0.15, 0.2) is 0 Å². The van der Waals surface area contributed by atoms with Crippen molar-refractivity contribution in [1.82, 2.24) is 24.6 Å². The van der Waals surface area contributed by atoms with Crippen LogP contribution < -0.4 is 4.90 Å². The monoisotopic (exact) mass is 366 g/mol. The molecule has 1 aliphatic heterocycles. The van der Waals surface area contributed by atoms with Crippen molar-refractivity contribution in [3.8, 4) is 0 Å². The van der Waals surface area contributed by atoms with E-state index in [1.54, 1.807) is 30.9 Å². The maximum atomic E-state index is 13.4. The molecular formula is C19H16F2N6. The Morgan fingerprint density at radius 1 is 1.15 bits per heavy atom. The summed E-state index contributed by atoms with van der Waals surface area (Å²) in [5.74, 6) is 0.808. The van der Waals surface area contributed by atoms with Crippen LogP contribution in [0.3, 0.4) is 0 Å². The van der Waals surface area contributed by atoms with Crippen LogP contribution in [0.1, 0.15) is 35.1 Å². The van der Waals surface area contributed by atoms with E-state index < -0.39 is 6.43 Å². The molecule has 1 aliphatic rings. The lowest BCUT2D eigenvalue weighted by Crippen LogP contribution is -2.37. The van der Waals surface area contributed by atoms with E-state index in [2.05, 4.69) is 25.0 Å². The highest BCUT2D eigenvalue weighted by Gasteiger charge is 2.34. The van der Waals surface area contributed by atoms with Crippen molar-refractivity contribution in [2.45, 2.75) is 18.9 Å². The SMILES string of the molecule is FC(F)c1cccn2nc([C@@H]3c4nc[nH]c4CCN3c3ccccn3)cc12. The van der Waals surface area contributed by atoms with Crippen molar-refractivity contribution >= 4 is 11.3 Å². The van der Waals surface area contributed by atoms with E-state index in [-0.39, 0.29) is 11.6 Å². The van der Waals surface area contributed by atoms with Crippen molar-refractivity contribution in [3.05, 3.63) is 77.8 Å². The van der Waals surface area contributed by atoms with Crippen molar-refractivity contribution in [3.63, 3.8) is 0 Å². The number of pyridine rings is 2. The minimum absolute atomic E-state index is 0.0290. The Labute approximate surface area is 153 Å². The van der Waals surface area contributed by atoms with Gasteiger partial charge in [0, 0.05) is 36.6 Å². The second-order valence-corrected chi connectivity index (χ2v) is 6.46. The fourth-order valence-electron chi connectivity index (χ4n) is 3.72. The number of hydrogen-bond donors (Lipinski definition) is 1. The summed E-state index contributed by atoms with van der Waals surface area (Å²) in [6, 6.07) is 10.2. The number of imidazole rings is 1. The van der Waals surface area contributed by atoms with Crippen molar-refractivity contribution in [1.29, 1.82) is 0 Å². The number of halogens is 2. The first-order valence-electron chi connectivity index (χ1n) is 8.68. The molecule has 0 fully saturated rings. The van der Waals surface area contributed by atoms with Crippen LogP contribution in [-0.2, 0) is 6.42 Å². The van der Waals surface area contributed by atoms with E-state index in [4.69, 9.17) is 0 Å². The summed E-state index contributed by atoms with van der Waals surface area (Å²) in [6.45, 7) is 0.729. The number of alkyl halides is 2. The van der Waals surface area contributed by atoms with Gasteiger partial charge in [0.25, 0.3) is 6.43 Å². The largest absolute Gasteiger partial charge is 0.348 e. The molecule has 0 saturated heterocycles. The number of nitrogens with one attached hydrogen (secondary N) is 1. The first-order chi connectivity index (χ1) is 13.2. The number of nitrogens with zero attached hydrogens (tertiary/aromatic N) is 5. The Morgan fingerprint density at radius 2 is 2.07 bits per heavy atom. The molecule has 6 nitrogen and oxygen atoms in total. The maximum absolute atomic E-state index is 13.4. The molecule has 0 aliphatic carbocycles. The fourth-order valence-corrected chi connectivity index (χ4v) is 3.72. The zero-order chi connectivity index (χ0) is 18.4. The third kappa shape index (κ3) is 2.56. The first kappa shape index (κ1) is 15.9. The molecule has 27 heavy (non-hydrogen) atoms. The second-order valence-electron chi connectivity index (χ2n) is 6.46. The number of aromatic amines is 1. The zero-order valence-electron chi connectivity index (χ0n) is 14.3. The normalized spacial score (nSPS) is 16.9. The van der Waals surface area contributed by atoms with Gasteiger partial charge in [0.1, 0.15) is 11.9 Å². The standard InChI is InChI=1S/C19H16F2N6/c20-19(21)12-4-3-8-27-15(12)10-14(25-27)18-17-13(23-11-24-17)6-9-26(18)16-5-1-2-7-22-16/h1-5,7-8,10-11,18-19H,6,9H2,(H,23,24)/t18-/m1/s1. The third-order valence-corrected chi connectivity index (χ3v) is 4.94. The maximum Gasteiger partial charge on any atom is 0.265 e. The van der Waals surface area contributed by atoms with Gasteiger partial charge in [-0.2, -0.15) is 5.10 Å². The van der Waals surface area contributed by atoms with Crippen LogP contribution in [0.15, 0.2) is 55.1 Å². The Bertz CT molecular complexity index is 1090. The van der Waals surface area contributed by atoms with E-state index in [9.17, 15) is 8.78 Å². The van der Waals surface area contributed by atoms with E-state index >= 15 is 0 Å². The molecule has 4 aromatic heterocycles. The summed E-state index contributed by atoms with van der Waals surface area (Å²) >= 11 is 0. The highest BCUT2D eigenvalue weighted by molar-refractivity contribution is 5.58. The molecule has 0 radical (unpaired) electrons. The predicted octanol–water partition coefficient (Wildman–Crippen LogP) is 3.54. The Hall–Kier alpha value is -3.29. The summed E-state index contributed by atoms with van der Waals surface area (Å²) in [5.41, 5.74) is 2.94. The Kier molecular flexibility index (Phi) is 3.63. The molecule has 1 atom stereocenters. The molecule has 0 aromatic carbocycles. The molecule has 0 bridgehead atoms. The molecule has 0 unspecified atom stereocenters. The number of rotatable bonds is 3. The smallest absolute Gasteiger partial charge is 0.265 e. The number of anilines is 1. The van der Waals surface area contributed by atoms with Gasteiger partial charge in [-0.05, 0) is 30.3 Å². The summed E-state index contributed by atoms with van der Waals surface area (Å²) in [4.78, 5) is 14.3. The van der Waals surface area contributed by atoms with Gasteiger partial charge >= 0.3 is 0 Å². The predicted molar refractivity (Wildman–Crippen MR) is 95.9 cm³/mol. The van der Waals surface area contributed by atoms with Gasteiger partial charge in [-0.1, -0.05) is 6.07 Å². The lowest BCUT2D eigenvalue weighted by atomic mass is 9.99. The highest BCUT2D eigenvalue weighted by Crippen LogP contribution is 2.36. The van der Waals surface area contributed by atoms with E-state index in [0.717, 1.165) is 30.2 Å². The van der Waals surface area contributed by atoms with Crippen LogP contribution in [0.2, 0.25) is 0 Å². The lowest BCUT2D eigenvalue weighted by molar-refractivity contribution is 0.152. The summed E-state index contributed by atoms with van der Waals surface area (Å²) < 4.78 is 28.3. The fraction of sp³-hybridized carbons (Fsp3) is 0.211. The van der Waals surface area contributed by atoms with Crippen LogP contribution in [0, 0.1) is 0 Å². The highest BCUT2D eigenvalue weighted by atomic mass is 19.3. The average Bonchev–Trinajstić information content (AvgIpc) is 3.34. The third-order valence-electron chi connectivity index (χ3n) is 4.94. The number of aromatic nitrogens is 5. The quantitative estimate of drug-likeness (QED) is 0.602. The van der Waals surface area contributed by atoms with Gasteiger partial charge in [-0.25, -0.2) is 23.3 Å². The number of fused-ring (bicyclic) bond motifs is 2. The van der Waals surface area contributed by atoms with Crippen LogP contribution in [0.4, 0.5) is 14.6 Å². The molecule has 1 N–H and O–H groups in total. The molecule has 0 spiro atoms. The van der Waals surface area contributed by atoms with Crippen LogP contribution in [0.5, 0.6) is 0 Å². The van der Waals surface area contributed by atoms with Crippen molar-refractivity contribution in [2.75, 3.05) is 11.4 Å². The van der Waals surface area contributed by atoms with Crippen LogP contribution >= 0.6 is 0 Å². The molecule has 8 heteroatoms. The molecule has 136 valence electrons. The zero-order valence-corrected chi connectivity index (χ0v) is 14.3. The first-order valence-corrected chi connectivity index (χ1v) is 8.68. The second kappa shape index (κ2) is 6.15. The van der Waals surface area contributed by atoms with E-state index in [0.29, 0.717) is 11.2 Å². The van der Waals surface area contributed by atoms with Gasteiger partial charge in [-0.15, -0.1) is 0 Å². The van der Waals surface area contributed by atoms with E-state index in [1.807, 2.05) is 18.2 Å². The minimum Gasteiger partial charge on any atom is -0.348 e. The summed E-state index contributed by atoms with van der Waals surface area (Å²) in [5, 5.41) is 4.59. The molecule has 0 saturated carbocycles. The van der Waals surface area contributed by atoms with Gasteiger partial charge in [0.2, 0.25) is 0 Å². The van der Waals surface area contributed by atoms with Crippen LogP contribution in [-0.4, -0.2) is 31.1 Å². The Morgan fingerprint density at radius 3 is 2.89 bits per heavy atom.